The van der Waals surface area contributed by atoms with Crippen LogP contribution in [0.15, 0.2) is 24.3 Å². The van der Waals surface area contributed by atoms with Gasteiger partial charge in [0.15, 0.2) is 0 Å². The maximum absolute atomic E-state index is 12.0. The van der Waals surface area contributed by atoms with E-state index in [0.717, 1.165) is 0 Å². The van der Waals surface area contributed by atoms with Gasteiger partial charge in [0.25, 0.3) is 5.91 Å². The quantitative estimate of drug-likeness (QED) is 0.684. The zero-order valence-electron chi connectivity index (χ0n) is 11.2. The maximum Gasteiger partial charge on any atom is 0.471 e. The molecular weight excluding hydrogens is 287 g/mol. The highest BCUT2D eigenvalue weighted by Gasteiger charge is 2.38. The average Bonchev–Trinajstić information content (AvgIpc) is 2.44. The fraction of sp³-hybridized carbons (Fsp3) is 0.385. The van der Waals surface area contributed by atoms with E-state index in [1.165, 1.54) is 24.3 Å². The van der Waals surface area contributed by atoms with Crippen molar-refractivity contribution in [2.24, 2.45) is 5.73 Å². The summed E-state index contributed by atoms with van der Waals surface area (Å²) in [5.74, 6) is -2.28. The molecule has 2 amide bonds. The predicted octanol–water partition coefficient (Wildman–Crippen LogP) is 0.944. The third-order valence-corrected chi connectivity index (χ3v) is 2.59. The molecule has 0 aliphatic rings. The lowest BCUT2D eigenvalue weighted by Crippen LogP contribution is -2.36. The Kier molecular flexibility index (Phi) is 6.16. The van der Waals surface area contributed by atoms with E-state index in [2.05, 4.69) is 5.32 Å². The Hall–Kier alpha value is -2.09. The van der Waals surface area contributed by atoms with Crippen LogP contribution in [-0.4, -0.2) is 31.1 Å². The van der Waals surface area contributed by atoms with Crippen LogP contribution in [0.2, 0.25) is 0 Å². The molecule has 116 valence electrons. The van der Waals surface area contributed by atoms with Gasteiger partial charge in [-0.05, 0) is 30.7 Å². The number of hydrogen-bond acceptors (Lipinski definition) is 3. The summed E-state index contributed by atoms with van der Waals surface area (Å²) in [7, 11) is 0. The lowest BCUT2D eigenvalue weighted by molar-refractivity contribution is -0.173. The number of amides is 2. The molecule has 0 aromatic heterocycles. The molecule has 0 saturated heterocycles. The molecule has 0 unspecified atom stereocenters. The van der Waals surface area contributed by atoms with Gasteiger partial charge >= 0.3 is 12.1 Å². The molecular formula is C13H16F3N3O2. The van der Waals surface area contributed by atoms with Crippen LogP contribution in [0.4, 0.5) is 13.2 Å². The topological polar surface area (TPSA) is 84.2 Å². The second-order valence-corrected chi connectivity index (χ2v) is 4.28. The third-order valence-electron chi connectivity index (χ3n) is 2.59. The van der Waals surface area contributed by atoms with Gasteiger partial charge in [-0.3, -0.25) is 9.59 Å². The monoisotopic (exact) mass is 303 g/mol. The third kappa shape index (κ3) is 5.82. The summed E-state index contributed by atoms with van der Waals surface area (Å²) < 4.78 is 36.0. The van der Waals surface area contributed by atoms with Crippen LogP contribution in [0.5, 0.6) is 0 Å². The van der Waals surface area contributed by atoms with Gasteiger partial charge in [0.2, 0.25) is 0 Å². The Balaban J connectivity index is 2.50. The predicted molar refractivity (Wildman–Crippen MR) is 70.3 cm³/mol. The highest BCUT2D eigenvalue weighted by Crippen LogP contribution is 2.14. The molecule has 21 heavy (non-hydrogen) atoms. The molecule has 0 saturated carbocycles. The summed E-state index contributed by atoms with van der Waals surface area (Å²) in [6.45, 7) is 0.671. The normalized spacial score (nSPS) is 11.0. The molecule has 4 N–H and O–H groups in total. The van der Waals surface area contributed by atoms with Crippen LogP contribution < -0.4 is 16.4 Å². The molecule has 1 aromatic rings. The summed E-state index contributed by atoms with van der Waals surface area (Å²) in [6.07, 6.45) is -4.24. The van der Waals surface area contributed by atoms with Crippen LogP contribution >= 0.6 is 0 Å². The Morgan fingerprint density at radius 3 is 2.24 bits per heavy atom. The van der Waals surface area contributed by atoms with Gasteiger partial charge in [-0.1, -0.05) is 12.1 Å². The lowest BCUT2D eigenvalue weighted by Gasteiger charge is -2.08. The number of alkyl halides is 3. The number of hydrogen-bond donors (Lipinski definition) is 3. The number of rotatable bonds is 6. The van der Waals surface area contributed by atoms with Crippen molar-refractivity contribution in [3.63, 3.8) is 0 Å². The number of carbonyl (C=O) groups is 2. The van der Waals surface area contributed by atoms with Crippen molar-refractivity contribution in [2.75, 3.05) is 13.1 Å². The highest BCUT2D eigenvalue weighted by atomic mass is 19.4. The van der Waals surface area contributed by atoms with Gasteiger partial charge in [-0.15, -0.1) is 0 Å². The van der Waals surface area contributed by atoms with Crippen molar-refractivity contribution < 1.29 is 22.8 Å². The van der Waals surface area contributed by atoms with Crippen molar-refractivity contribution in [1.82, 2.24) is 10.6 Å². The summed E-state index contributed by atoms with van der Waals surface area (Å²) >= 11 is 0. The molecule has 8 heteroatoms. The summed E-state index contributed by atoms with van der Waals surface area (Å²) in [6, 6.07) is 5.92. The van der Waals surface area contributed by atoms with Crippen molar-refractivity contribution in [2.45, 2.75) is 19.1 Å². The Bertz CT molecular complexity index is 486. The number of halogens is 3. The Morgan fingerprint density at radius 2 is 1.71 bits per heavy atom. The first kappa shape index (κ1) is 17.0. The van der Waals surface area contributed by atoms with Gasteiger partial charge in [0.1, 0.15) is 0 Å². The summed E-state index contributed by atoms with van der Waals surface area (Å²) in [5.41, 5.74) is 6.15. The minimum absolute atomic E-state index is 0.257. The molecule has 0 aliphatic heterocycles. The first-order valence-electron chi connectivity index (χ1n) is 6.27. The molecule has 0 radical (unpaired) electrons. The van der Waals surface area contributed by atoms with Crippen LogP contribution in [0.3, 0.4) is 0 Å². The van der Waals surface area contributed by atoms with Crippen molar-refractivity contribution in [3.8, 4) is 0 Å². The first-order chi connectivity index (χ1) is 9.84. The molecule has 5 nitrogen and oxygen atoms in total. The van der Waals surface area contributed by atoms with E-state index in [9.17, 15) is 22.8 Å². The molecule has 1 aromatic carbocycles. The number of nitrogens with two attached hydrogens (primary N) is 1. The van der Waals surface area contributed by atoms with Gasteiger partial charge in [-0.2, -0.15) is 13.2 Å². The minimum atomic E-state index is -4.90. The van der Waals surface area contributed by atoms with E-state index in [1.54, 1.807) is 5.32 Å². The zero-order valence-corrected chi connectivity index (χ0v) is 11.2. The lowest BCUT2D eigenvalue weighted by atomic mass is 10.1. The summed E-state index contributed by atoms with van der Waals surface area (Å²) in [5, 5.41) is 4.40. The van der Waals surface area contributed by atoms with E-state index in [1.807, 2.05) is 0 Å². The van der Waals surface area contributed by atoms with Gasteiger partial charge in [-0.25, -0.2) is 0 Å². The van der Waals surface area contributed by atoms with Crippen molar-refractivity contribution in [1.29, 1.82) is 0 Å². The van der Waals surface area contributed by atoms with Crippen molar-refractivity contribution in [3.05, 3.63) is 35.4 Å². The van der Waals surface area contributed by atoms with Gasteiger partial charge in [0.05, 0.1) is 0 Å². The van der Waals surface area contributed by atoms with E-state index >= 15 is 0 Å². The molecule has 0 fully saturated rings. The summed E-state index contributed by atoms with van der Waals surface area (Å²) in [4.78, 5) is 22.3. The second-order valence-electron chi connectivity index (χ2n) is 4.28. The van der Waals surface area contributed by atoms with E-state index in [4.69, 9.17) is 5.73 Å². The van der Waals surface area contributed by atoms with Crippen molar-refractivity contribution >= 4 is 11.8 Å². The largest absolute Gasteiger partial charge is 0.471 e. The second kappa shape index (κ2) is 7.63. The number of carbonyl (C=O) groups excluding carboxylic acids is 2. The fourth-order valence-corrected chi connectivity index (χ4v) is 1.46. The number of benzene rings is 1. The maximum atomic E-state index is 12.0. The zero-order chi connectivity index (χ0) is 15.9. The average molecular weight is 303 g/mol. The molecule has 0 heterocycles. The molecule has 0 aliphatic carbocycles. The van der Waals surface area contributed by atoms with E-state index < -0.39 is 12.1 Å². The SMILES string of the molecule is NCCCNC(=O)c1ccc(CNC(=O)C(F)(F)F)cc1. The van der Waals surface area contributed by atoms with E-state index in [0.29, 0.717) is 30.6 Å². The first-order valence-corrected chi connectivity index (χ1v) is 6.27. The van der Waals surface area contributed by atoms with E-state index in [-0.39, 0.29) is 12.5 Å². The standard InChI is InChI=1S/C13H16F3N3O2/c14-13(15,16)12(21)19-8-9-2-4-10(5-3-9)11(20)18-7-1-6-17/h2-5H,1,6-8,17H2,(H,18,20)(H,19,21). The Labute approximate surface area is 119 Å². The highest BCUT2D eigenvalue weighted by molar-refractivity contribution is 5.94. The van der Waals surface area contributed by atoms with Crippen LogP contribution in [-0.2, 0) is 11.3 Å². The molecule has 1 rings (SSSR count). The number of nitrogens with one attached hydrogen (secondary N) is 2. The molecule has 0 bridgehead atoms. The molecule has 0 atom stereocenters. The fourth-order valence-electron chi connectivity index (χ4n) is 1.46. The minimum Gasteiger partial charge on any atom is -0.352 e. The van der Waals surface area contributed by atoms with Gasteiger partial charge < -0.3 is 16.4 Å². The van der Waals surface area contributed by atoms with Crippen LogP contribution in [0.25, 0.3) is 0 Å². The Morgan fingerprint density at radius 1 is 1.10 bits per heavy atom. The van der Waals surface area contributed by atoms with Crippen LogP contribution in [0, 0.1) is 0 Å². The molecule has 0 spiro atoms. The van der Waals surface area contributed by atoms with Crippen LogP contribution in [0.1, 0.15) is 22.3 Å². The smallest absolute Gasteiger partial charge is 0.352 e. The van der Waals surface area contributed by atoms with Gasteiger partial charge in [0, 0.05) is 18.7 Å².